The van der Waals surface area contributed by atoms with Crippen molar-refractivity contribution in [2.24, 2.45) is 0 Å². The Bertz CT molecular complexity index is 383. The van der Waals surface area contributed by atoms with Crippen molar-refractivity contribution in [1.29, 1.82) is 0 Å². The minimum Gasteiger partial charge on any atom is -0.504 e. The molecule has 0 atom stereocenters. The Kier molecular flexibility index (Phi) is 4.58. The number of para-hydroxylation sites is 2. The number of aromatic hydroxyl groups is 1. The number of esters is 1. The zero-order valence-electron chi connectivity index (χ0n) is 9.40. The summed E-state index contributed by atoms with van der Waals surface area (Å²) in [6.07, 6.45) is 2.54. The summed E-state index contributed by atoms with van der Waals surface area (Å²) in [5, 5.41) is 9.41. The number of benzene rings is 1. The molecule has 0 unspecified atom stereocenters. The molecule has 86 valence electrons. The Morgan fingerprint density at radius 3 is 2.75 bits per heavy atom. The van der Waals surface area contributed by atoms with Gasteiger partial charge in [-0.15, -0.1) is 0 Å². The maximum atomic E-state index is 11.5. The summed E-state index contributed by atoms with van der Waals surface area (Å²) < 4.78 is 5.02. The smallest absolute Gasteiger partial charge is 0.338 e. The van der Waals surface area contributed by atoms with Crippen LogP contribution in [0.15, 0.2) is 36.4 Å². The van der Waals surface area contributed by atoms with Crippen LogP contribution in [0.2, 0.25) is 0 Å². The Balaban J connectivity index is 2.58. The SMILES string of the molecule is C=C(CCCC)C(=O)Oc1ccccc1O. The summed E-state index contributed by atoms with van der Waals surface area (Å²) >= 11 is 0. The van der Waals surface area contributed by atoms with Gasteiger partial charge < -0.3 is 9.84 Å². The second kappa shape index (κ2) is 5.95. The Morgan fingerprint density at radius 1 is 1.44 bits per heavy atom. The number of hydrogen-bond donors (Lipinski definition) is 1. The number of carbonyl (C=O) groups excluding carboxylic acids is 1. The van der Waals surface area contributed by atoms with Crippen molar-refractivity contribution in [3.05, 3.63) is 36.4 Å². The van der Waals surface area contributed by atoms with Gasteiger partial charge in [-0.3, -0.25) is 0 Å². The molecule has 1 aromatic carbocycles. The molecule has 0 saturated heterocycles. The van der Waals surface area contributed by atoms with Crippen LogP contribution >= 0.6 is 0 Å². The van der Waals surface area contributed by atoms with E-state index in [0.29, 0.717) is 12.0 Å². The highest BCUT2D eigenvalue weighted by Gasteiger charge is 2.11. The van der Waals surface area contributed by atoms with Gasteiger partial charge in [0.1, 0.15) is 0 Å². The van der Waals surface area contributed by atoms with E-state index in [2.05, 4.69) is 6.58 Å². The molecule has 1 aromatic rings. The van der Waals surface area contributed by atoms with Crippen LogP contribution in [-0.2, 0) is 4.79 Å². The molecule has 16 heavy (non-hydrogen) atoms. The standard InChI is InChI=1S/C13H16O3/c1-3-4-7-10(2)13(15)16-12-9-6-5-8-11(12)14/h5-6,8-9,14H,2-4,7H2,1H3. The van der Waals surface area contributed by atoms with Crippen LogP contribution in [0.5, 0.6) is 11.5 Å². The topological polar surface area (TPSA) is 46.5 Å². The van der Waals surface area contributed by atoms with Gasteiger partial charge in [-0.25, -0.2) is 4.79 Å². The summed E-state index contributed by atoms with van der Waals surface area (Å²) in [5.74, 6) is -0.348. The Labute approximate surface area is 95.4 Å². The summed E-state index contributed by atoms with van der Waals surface area (Å²) in [5.41, 5.74) is 0.435. The van der Waals surface area contributed by atoms with Gasteiger partial charge in [0.05, 0.1) is 0 Å². The first-order valence-corrected chi connectivity index (χ1v) is 5.33. The monoisotopic (exact) mass is 220 g/mol. The minimum atomic E-state index is -0.477. The molecule has 0 radical (unpaired) electrons. The lowest BCUT2D eigenvalue weighted by molar-refractivity contribution is -0.130. The molecule has 0 aliphatic heterocycles. The fourth-order valence-electron chi connectivity index (χ4n) is 1.21. The van der Waals surface area contributed by atoms with Gasteiger partial charge in [-0.1, -0.05) is 32.1 Å². The third-order valence-electron chi connectivity index (χ3n) is 2.19. The van der Waals surface area contributed by atoms with Crippen molar-refractivity contribution in [1.82, 2.24) is 0 Å². The molecule has 1 N–H and O–H groups in total. The number of hydrogen-bond acceptors (Lipinski definition) is 3. The lowest BCUT2D eigenvalue weighted by Crippen LogP contribution is -2.10. The molecule has 0 heterocycles. The van der Waals surface area contributed by atoms with Crippen molar-refractivity contribution < 1.29 is 14.6 Å². The lowest BCUT2D eigenvalue weighted by Gasteiger charge is -2.07. The molecule has 0 saturated carbocycles. The van der Waals surface area contributed by atoms with E-state index < -0.39 is 5.97 Å². The molecule has 0 aromatic heterocycles. The van der Waals surface area contributed by atoms with Crippen molar-refractivity contribution in [2.45, 2.75) is 26.2 Å². The van der Waals surface area contributed by atoms with E-state index in [0.717, 1.165) is 12.8 Å². The highest BCUT2D eigenvalue weighted by Crippen LogP contribution is 2.25. The van der Waals surface area contributed by atoms with Crippen molar-refractivity contribution in [3.63, 3.8) is 0 Å². The highest BCUT2D eigenvalue weighted by molar-refractivity contribution is 5.89. The number of carbonyl (C=O) groups is 1. The van der Waals surface area contributed by atoms with Crippen LogP contribution < -0.4 is 4.74 Å². The van der Waals surface area contributed by atoms with Crippen molar-refractivity contribution >= 4 is 5.97 Å². The number of phenolic OH excluding ortho intramolecular Hbond substituents is 1. The normalized spacial score (nSPS) is 9.81. The molecule has 0 spiro atoms. The highest BCUT2D eigenvalue weighted by atomic mass is 16.5. The second-order valence-corrected chi connectivity index (χ2v) is 3.56. The first kappa shape index (κ1) is 12.3. The molecular formula is C13H16O3. The Morgan fingerprint density at radius 2 is 2.12 bits per heavy atom. The molecule has 0 fully saturated rings. The summed E-state index contributed by atoms with van der Waals surface area (Å²) in [6, 6.07) is 6.37. The van der Waals surface area contributed by atoms with Gasteiger partial charge in [0.15, 0.2) is 11.5 Å². The average Bonchev–Trinajstić information content (AvgIpc) is 2.28. The molecular weight excluding hydrogens is 204 g/mol. The zero-order valence-corrected chi connectivity index (χ0v) is 9.40. The first-order chi connectivity index (χ1) is 7.65. The first-order valence-electron chi connectivity index (χ1n) is 5.33. The van der Waals surface area contributed by atoms with E-state index >= 15 is 0 Å². The fraction of sp³-hybridized carbons (Fsp3) is 0.308. The van der Waals surface area contributed by atoms with Crippen molar-refractivity contribution in [2.75, 3.05) is 0 Å². The van der Waals surface area contributed by atoms with Crippen LogP contribution in [-0.4, -0.2) is 11.1 Å². The third kappa shape index (κ3) is 3.42. The summed E-state index contributed by atoms with van der Waals surface area (Å²) in [4.78, 5) is 11.5. The van der Waals surface area contributed by atoms with E-state index in [1.807, 2.05) is 6.92 Å². The molecule has 0 amide bonds. The van der Waals surface area contributed by atoms with Crippen LogP contribution in [0.4, 0.5) is 0 Å². The van der Waals surface area contributed by atoms with Crippen LogP contribution in [0.25, 0.3) is 0 Å². The molecule has 0 bridgehead atoms. The van der Waals surface area contributed by atoms with E-state index in [-0.39, 0.29) is 11.5 Å². The molecule has 0 aliphatic rings. The third-order valence-corrected chi connectivity index (χ3v) is 2.19. The summed E-state index contributed by atoms with van der Waals surface area (Å²) in [7, 11) is 0. The number of phenols is 1. The van der Waals surface area contributed by atoms with Gasteiger partial charge in [0, 0.05) is 5.57 Å². The maximum Gasteiger partial charge on any atom is 0.338 e. The Hall–Kier alpha value is -1.77. The van der Waals surface area contributed by atoms with Gasteiger partial charge in [0.25, 0.3) is 0 Å². The summed E-state index contributed by atoms with van der Waals surface area (Å²) in [6.45, 7) is 5.71. The second-order valence-electron chi connectivity index (χ2n) is 3.56. The van der Waals surface area contributed by atoms with Crippen LogP contribution in [0, 0.1) is 0 Å². The van der Waals surface area contributed by atoms with E-state index in [4.69, 9.17) is 4.74 Å². The van der Waals surface area contributed by atoms with Gasteiger partial charge in [-0.05, 0) is 25.0 Å². The molecule has 3 nitrogen and oxygen atoms in total. The predicted octanol–water partition coefficient (Wildman–Crippen LogP) is 3.04. The van der Waals surface area contributed by atoms with E-state index in [1.54, 1.807) is 18.2 Å². The maximum absolute atomic E-state index is 11.5. The quantitative estimate of drug-likeness (QED) is 0.471. The van der Waals surface area contributed by atoms with E-state index in [9.17, 15) is 9.90 Å². The van der Waals surface area contributed by atoms with Gasteiger partial charge >= 0.3 is 5.97 Å². The number of rotatable bonds is 5. The van der Waals surface area contributed by atoms with E-state index in [1.165, 1.54) is 6.07 Å². The predicted molar refractivity (Wildman–Crippen MR) is 62.4 cm³/mol. The zero-order chi connectivity index (χ0) is 12.0. The average molecular weight is 220 g/mol. The number of ether oxygens (including phenoxy) is 1. The fourth-order valence-corrected chi connectivity index (χ4v) is 1.21. The number of unbranched alkanes of at least 4 members (excludes halogenated alkanes) is 1. The van der Waals surface area contributed by atoms with Gasteiger partial charge in [0.2, 0.25) is 0 Å². The van der Waals surface area contributed by atoms with Gasteiger partial charge in [-0.2, -0.15) is 0 Å². The lowest BCUT2D eigenvalue weighted by atomic mass is 10.1. The van der Waals surface area contributed by atoms with Crippen LogP contribution in [0.1, 0.15) is 26.2 Å². The van der Waals surface area contributed by atoms with Crippen molar-refractivity contribution in [3.8, 4) is 11.5 Å². The molecule has 1 rings (SSSR count). The molecule has 0 aliphatic carbocycles. The minimum absolute atomic E-state index is 0.0425. The molecule has 3 heteroatoms. The van der Waals surface area contributed by atoms with Crippen LogP contribution in [0.3, 0.4) is 0 Å². The largest absolute Gasteiger partial charge is 0.504 e.